The van der Waals surface area contributed by atoms with Crippen LogP contribution in [0.15, 0.2) is 41.6 Å². The molecule has 11 heteroatoms. The molecule has 2 N–H and O–H groups in total. The molecule has 36 heavy (non-hydrogen) atoms. The quantitative estimate of drug-likeness (QED) is 0.380. The Morgan fingerprint density at radius 1 is 1.19 bits per heavy atom. The van der Waals surface area contributed by atoms with Gasteiger partial charge in [0.25, 0.3) is 5.56 Å². The summed E-state index contributed by atoms with van der Waals surface area (Å²) in [5.74, 6) is -2.74. The largest absolute Gasteiger partial charge is 0.485 e. The zero-order valence-electron chi connectivity index (χ0n) is 20.3. The molecule has 0 unspecified atom stereocenters. The summed E-state index contributed by atoms with van der Waals surface area (Å²) in [5, 5.41) is 10.4. The van der Waals surface area contributed by atoms with E-state index in [9.17, 15) is 13.6 Å². The molecule has 3 heterocycles. The van der Waals surface area contributed by atoms with Crippen molar-refractivity contribution in [3.05, 3.63) is 86.6 Å². The third-order valence-corrected chi connectivity index (χ3v) is 5.57. The molecule has 3 aromatic heterocycles. The van der Waals surface area contributed by atoms with Gasteiger partial charge >= 0.3 is 0 Å². The Morgan fingerprint density at radius 3 is 2.53 bits per heavy atom. The van der Waals surface area contributed by atoms with Crippen molar-refractivity contribution in [2.75, 3.05) is 5.32 Å². The van der Waals surface area contributed by atoms with Gasteiger partial charge in [-0.1, -0.05) is 32.4 Å². The molecule has 0 bridgehead atoms. The van der Waals surface area contributed by atoms with Gasteiger partial charge in [-0.05, 0) is 25.5 Å². The highest BCUT2D eigenvalue weighted by molar-refractivity contribution is 6.31. The lowest BCUT2D eigenvalue weighted by Crippen LogP contribution is -2.24. The molecule has 0 atom stereocenters. The molecule has 190 valence electrons. The molecule has 0 aliphatic rings. The summed E-state index contributed by atoms with van der Waals surface area (Å²) in [6, 6.07) is 2.07. The summed E-state index contributed by atoms with van der Waals surface area (Å²) < 4.78 is 49.0. The first-order valence-corrected chi connectivity index (χ1v) is 11.2. The van der Waals surface area contributed by atoms with Gasteiger partial charge in [0, 0.05) is 41.4 Å². The lowest BCUT2D eigenvalue weighted by Gasteiger charge is -2.18. The average molecular weight is 520 g/mol. The van der Waals surface area contributed by atoms with E-state index in [1.807, 2.05) is 20.8 Å². The van der Waals surface area contributed by atoms with Crippen LogP contribution in [0, 0.1) is 42.1 Å². The van der Waals surface area contributed by atoms with Crippen LogP contribution in [0.2, 0.25) is 5.02 Å². The Morgan fingerprint density at radius 2 is 1.89 bits per heavy atom. The van der Waals surface area contributed by atoms with Crippen LogP contribution in [0.1, 0.15) is 37.7 Å². The van der Waals surface area contributed by atoms with Gasteiger partial charge in [-0.15, -0.1) is 0 Å². The summed E-state index contributed by atoms with van der Waals surface area (Å²) in [7, 11) is 0. The maximum absolute atomic E-state index is 15.5. The van der Waals surface area contributed by atoms with Crippen molar-refractivity contribution in [2.45, 2.75) is 41.2 Å². The SMILES string of the molecule is Cc1cnc(N/C=C\C(=N)C(C)(C)C)c(F)c1-n1c(C)cc(OCc2ncc(F)cc2F)c(Cl)c1=O. The molecule has 0 fully saturated rings. The van der Waals surface area contributed by atoms with Gasteiger partial charge in [0.05, 0.1) is 11.9 Å². The Labute approximate surface area is 211 Å². The van der Waals surface area contributed by atoms with Crippen molar-refractivity contribution in [1.29, 1.82) is 5.41 Å². The second-order valence-corrected chi connectivity index (χ2v) is 9.45. The molecule has 3 aromatic rings. The number of pyridine rings is 3. The minimum Gasteiger partial charge on any atom is -0.485 e. The minimum absolute atomic E-state index is 0.0602. The number of hydrogen-bond acceptors (Lipinski definition) is 6. The maximum Gasteiger partial charge on any atom is 0.278 e. The Balaban J connectivity index is 1.95. The fourth-order valence-electron chi connectivity index (χ4n) is 3.15. The molecule has 0 radical (unpaired) electrons. The van der Waals surface area contributed by atoms with Crippen LogP contribution >= 0.6 is 11.6 Å². The number of nitrogens with zero attached hydrogens (tertiary/aromatic N) is 3. The molecular formula is C25H25ClF3N5O2. The number of anilines is 1. The molecule has 7 nitrogen and oxygen atoms in total. The van der Waals surface area contributed by atoms with E-state index in [0.717, 1.165) is 10.8 Å². The summed E-state index contributed by atoms with van der Waals surface area (Å²) in [5.41, 5.74) is -0.390. The number of ether oxygens (including phenoxy) is 1. The number of rotatable bonds is 7. The Bertz CT molecular complexity index is 1410. The van der Waals surface area contributed by atoms with E-state index in [2.05, 4.69) is 15.3 Å². The number of allylic oxidation sites excluding steroid dienone is 1. The van der Waals surface area contributed by atoms with Crippen molar-refractivity contribution in [2.24, 2.45) is 5.41 Å². The van der Waals surface area contributed by atoms with Gasteiger partial charge in [-0.3, -0.25) is 14.3 Å². The fraction of sp³-hybridized carbons (Fsp3) is 0.280. The average Bonchev–Trinajstić information content (AvgIpc) is 2.79. The minimum atomic E-state index is -0.905. The standard InChI is InChI=1S/C25H25ClF3N5O2/c1-13-10-33-23(31-7-6-19(30)25(3,4)5)21(29)22(13)34-14(2)8-18(20(26)24(34)35)36-12-17-16(28)9-15(27)11-32-17/h6-11,30H,12H2,1-5H3,(H,31,33)/b7-6-,30-19?. The van der Waals surface area contributed by atoms with Gasteiger partial charge in [-0.2, -0.15) is 0 Å². The van der Waals surface area contributed by atoms with Gasteiger partial charge in [0.15, 0.2) is 17.5 Å². The first-order chi connectivity index (χ1) is 16.8. The predicted octanol–water partition coefficient (Wildman–Crippen LogP) is 5.89. The van der Waals surface area contributed by atoms with Gasteiger partial charge in [0.1, 0.15) is 28.9 Å². The summed E-state index contributed by atoms with van der Waals surface area (Å²) in [6.07, 6.45) is 5.14. The van der Waals surface area contributed by atoms with Crippen LogP contribution in [-0.2, 0) is 6.61 Å². The first kappa shape index (κ1) is 26.9. The van der Waals surface area contributed by atoms with Crippen molar-refractivity contribution in [3.8, 4) is 11.4 Å². The van der Waals surface area contributed by atoms with Crippen molar-refractivity contribution < 1.29 is 17.9 Å². The number of aryl methyl sites for hydroxylation is 2. The van der Waals surface area contributed by atoms with Crippen LogP contribution in [0.4, 0.5) is 19.0 Å². The molecule has 0 aliphatic heterocycles. The third kappa shape index (κ3) is 5.76. The number of halogens is 4. The van der Waals surface area contributed by atoms with Gasteiger partial charge < -0.3 is 15.5 Å². The second-order valence-electron chi connectivity index (χ2n) is 9.07. The van der Waals surface area contributed by atoms with Gasteiger partial charge in [-0.25, -0.2) is 18.2 Å². The first-order valence-electron chi connectivity index (χ1n) is 10.8. The zero-order chi connectivity index (χ0) is 26.8. The van der Waals surface area contributed by atoms with E-state index in [1.54, 1.807) is 13.8 Å². The monoisotopic (exact) mass is 519 g/mol. The highest BCUT2D eigenvalue weighted by atomic mass is 35.5. The lowest BCUT2D eigenvalue weighted by molar-refractivity contribution is 0.292. The number of aromatic nitrogens is 3. The van der Waals surface area contributed by atoms with Crippen LogP contribution in [0.3, 0.4) is 0 Å². The highest BCUT2D eigenvalue weighted by Gasteiger charge is 2.21. The third-order valence-electron chi connectivity index (χ3n) is 5.23. The molecule has 0 spiro atoms. The highest BCUT2D eigenvalue weighted by Crippen LogP contribution is 2.28. The Kier molecular flexibility index (Phi) is 7.88. The van der Waals surface area contributed by atoms with Gasteiger partial charge in [0.2, 0.25) is 0 Å². The summed E-state index contributed by atoms with van der Waals surface area (Å²) in [4.78, 5) is 20.8. The van der Waals surface area contributed by atoms with Crippen LogP contribution < -0.4 is 15.6 Å². The summed E-state index contributed by atoms with van der Waals surface area (Å²) in [6.45, 7) is 8.37. The van der Waals surface area contributed by atoms with Crippen LogP contribution in [0.5, 0.6) is 5.75 Å². The lowest BCUT2D eigenvalue weighted by atomic mass is 9.90. The van der Waals surface area contributed by atoms with Crippen LogP contribution in [0.25, 0.3) is 5.69 Å². The number of hydrogen-bond donors (Lipinski definition) is 2. The predicted molar refractivity (Wildman–Crippen MR) is 133 cm³/mol. The molecular weight excluding hydrogens is 495 g/mol. The Hall–Kier alpha value is -3.66. The fourth-order valence-corrected chi connectivity index (χ4v) is 3.35. The maximum atomic E-state index is 15.5. The smallest absolute Gasteiger partial charge is 0.278 e. The molecule has 0 saturated carbocycles. The van der Waals surface area contributed by atoms with E-state index < -0.39 is 29.6 Å². The molecule has 0 amide bonds. The van der Waals surface area contributed by atoms with E-state index >= 15 is 4.39 Å². The zero-order valence-corrected chi connectivity index (χ0v) is 21.1. The molecule has 0 aromatic carbocycles. The van der Waals surface area contributed by atoms with Crippen molar-refractivity contribution in [3.63, 3.8) is 0 Å². The van der Waals surface area contributed by atoms with Crippen molar-refractivity contribution >= 4 is 23.1 Å². The topological polar surface area (TPSA) is 92.9 Å². The molecule has 3 rings (SSSR count). The number of nitrogens with one attached hydrogen (secondary N) is 2. The second kappa shape index (κ2) is 10.5. The van der Waals surface area contributed by atoms with E-state index in [4.69, 9.17) is 21.7 Å². The van der Waals surface area contributed by atoms with Crippen molar-refractivity contribution in [1.82, 2.24) is 14.5 Å². The normalized spacial score (nSPS) is 11.7. The van der Waals surface area contributed by atoms with E-state index in [1.165, 1.54) is 24.5 Å². The summed E-state index contributed by atoms with van der Waals surface area (Å²) >= 11 is 6.24. The van der Waals surface area contributed by atoms with Crippen LogP contribution in [-0.4, -0.2) is 20.2 Å². The van der Waals surface area contributed by atoms with E-state index in [0.29, 0.717) is 17.3 Å². The van der Waals surface area contributed by atoms with E-state index in [-0.39, 0.29) is 39.1 Å². The molecule has 0 aliphatic carbocycles. The molecule has 0 saturated heterocycles.